The van der Waals surface area contributed by atoms with E-state index in [1.165, 1.54) is 0 Å². The van der Waals surface area contributed by atoms with E-state index in [1.807, 2.05) is 30.3 Å². The zero-order valence-corrected chi connectivity index (χ0v) is 11.9. The minimum absolute atomic E-state index is 0.0156. The number of nitriles is 1. The van der Waals surface area contributed by atoms with Crippen LogP contribution in [0.5, 0.6) is 0 Å². The smallest absolute Gasteiger partial charge is 0.228 e. The number of nitrogens with zero attached hydrogens (tertiary/aromatic N) is 1. The van der Waals surface area contributed by atoms with Crippen LogP contribution < -0.4 is 5.32 Å². The molecule has 0 radical (unpaired) electrons. The molecule has 0 heterocycles. The molecule has 0 saturated heterocycles. The third kappa shape index (κ3) is 2.75. The largest absolute Gasteiger partial charge is 0.326 e. The standard InChI is InChI=1S/C18H14N2O2/c19-11-12-5-7-15(8-6-12)20-18(22)14-9-13-3-1-2-4-16(13)17(21)10-14/h1-8,14H,9-10H2,(H,20,22). The van der Waals surface area contributed by atoms with Gasteiger partial charge in [0, 0.05) is 23.6 Å². The molecule has 3 rings (SSSR count). The van der Waals surface area contributed by atoms with Crippen LogP contribution in [0, 0.1) is 17.2 Å². The molecule has 1 aliphatic rings. The van der Waals surface area contributed by atoms with Gasteiger partial charge in [-0.2, -0.15) is 5.26 Å². The van der Waals surface area contributed by atoms with Crippen molar-refractivity contribution in [3.8, 4) is 6.07 Å². The number of hydrogen-bond acceptors (Lipinski definition) is 3. The van der Waals surface area contributed by atoms with Gasteiger partial charge in [0.25, 0.3) is 0 Å². The maximum absolute atomic E-state index is 12.3. The lowest BCUT2D eigenvalue weighted by atomic mass is 9.82. The van der Waals surface area contributed by atoms with E-state index in [2.05, 4.69) is 5.32 Å². The van der Waals surface area contributed by atoms with Gasteiger partial charge in [-0.3, -0.25) is 9.59 Å². The lowest BCUT2D eigenvalue weighted by molar-refractivity contribution is -0.119. The van der Waals surface area contributed by atoms with Gasteiger partial charge in [-0.05, 0) is 36.2 Å². The second-order valence-corrected chi connectivity index (χ2v) is 5.36. The molecule has 1 aliphatic carbocycles. The number of amides is 1. The quantitative estimate of drug-likeness (QED) is 0.924. The Morgan fingerprint density at radius 2 is 1.82 bits per heavy atom. The number of rotatable bonds is 2. The van der Waals surface area contributed by atoms with Crippen LogP contribution in [0.2, 0.25) is 0 Å². The van der Waals surface area contributed by atoms with Crippen molar-refractivity contribution in [3.63, 3.8) is 0 Å². The monoisotopic (exact) mass is 290 g/mol. The molecule has 0 spiro atoms. The summed E-state index contributed by atoms with van der Waals surface area (Å²) in [5.41, 5.74) is 2.83. The first kappa shape index (κ1) is 14.0. The summed E-state index contributed by atoms with van der Waals surface area (Å²) < 4.78 is 0. The van der Waals surface area contributed by atoms with E-state index in [9.17, 15) is 9.59 Å². The van der Waals surface area contributed by atoms with Crippen molar-refractivity contribution in [3.05, 3.63) is 65.2 Å². The van der Waals surface area contributed by atoms with Crippen molar-refractivity contribution in [2.45, 2.75) is 12.8 Å². The first-order chi connectivity index (χ1) is 10.7. The molecule has 4 nitrogen and oxygen atoms in total. The minimum Gasteiger partial charge on any atom is -0.326 e. The van der Waals surface area contributed by atoms with E-state index in [0.29, 0.717) is 17.7 Å². The van der Waals surface area contributed by atoms with Crippen LogP contribution in [-0.4, -0.2) is 11.7 Å². The first-order valence-corrected chi connectivity index (χ1v) is 7.09. The second-order valence-electron chi connectivity index (χ2n) is 5.36. The van der Waals surface area contributed by atoms with Gasteiger partial charge < -0.3 is 5.32 Å². The van der Waals surface area contributed by atoms with Gasteiger partial charge in [-0.25, -0.2) is 0 Å². The molecule has 1 N–H and O–H groups in total. The highest BCUT2D eigenvalue weighted by Crippen LogP contribution is 2.26. The summed E-state index contributed by atoms with van der Waals surface area (Å²) >= 11 is 0. The lowest BCUT2D eigenvalue weighted by Crippen LogP contribution is -2.30. The predicted molar refractivity (Wildman–Crippen MR) is 82.4 cm³/mol. The summed E-state index contributed by atoms with van der Waals surface area (Å²) in [6.45, 7) is 0. The molecular weight excluding hydrogens is 276 g/mol. The number of carbonyl (C=O) groups excluding carboxylic acids is 2. The highest BCUT2D eigenvalue weighted by Gasteiger charge is 2.29. The summed E-state index contributed by atoms with van der Waals surface area (Å²) in [5.74, 6) is -0.493. The third-order valence-corrected chi connectivity index (χ3v) is 3.87. The van der Waals surface area contributed by atoms with Gasteiger partial charge in [-0.1, -0.05) is 24.3 Å². The average Bonchev–Trinajstić information content (AvgIpc) is 2.55. The second kappa shape index (κ2) is 5.82. The lowest BCUT2D eigenvalue weighted by Gasteiger charge is -2.22. The van der Waals surface area contributed by atoms with Gasteiger partial charge in [0.1, 0.15) is 0 Å². The minimum atomic E-state index is -0.349. The molecule has 108 valence electrons. The Morgan fingerprint density at radius 3 is 2.55 bits per heavy atom. The predicted octanol–water partition coefficient (Wildman–Crippen LogP) is 2.94. The summed E-state index contributed by atoms with van der Waals surface area (Å²) in [6.07, 6.45) is 0.809. The number of carbonyl (C=O) groups is 2. The fourth-order valence-corrected chi connectivity index (χ4v) is 2.70. The molecule has 0 bridgehead atoms. The van der Waals surface area contributed by atoms with Crippen LogP contribution in [-0.2, 0) is 11.2 Å². The Labute approximate surface area is 128 Å². The van der Waals surface area contributed by atoms with Crippen molar-refractivity contribution in [2.75, 3.05) is 5.32 Å². The SMILES string of the molecule is N#Cc1ccc(NC(=O)C2CC(=O)c3ccccc3C2)cc1. The third-order valence-electron chi connectivity index (χ3n) is 3.87. The maximum atomic E-state index is 12.3. The van der Waals surface area contributed by atoms with Crippen LogP contribution in [0.3, 0.4) is 0 Å². The van der Waals surface area contributed by atoms with E-state index < -0.39 is 0 Å². The molecule has 0 fully saturated rings. The molecule has 4 heteroatoms. The Morgan fingerprint density at radius 1 is 1.09 bits per heavy atom. The van der Waals surface area contributed by atoms with Crippen molar-refractivity contribution in [2.24, 2.45) is 5.92 Å². The average molecular weight is 290 g/mol. The molecule has 2 aromatic carbocycles. The van der Waals surface area contributed by atoms with E-state index >= 15 is 0 Å². The zero-order chi connectivity index (χ0) is 15.5. The normalized spacial score (nSPS) is 16.5. The van der Waals surface area contributed by atoms with Crippen molar-refractivity contribution < 1.29 is 9.59 Å². The summed E-state index contributed by atoms with van der Waals surface area (Å²) in [5, 5.41) is 11.6. The number of hydrogen-bond donors (Lipinski definition) is 1. The van der Waals surface area contributed by atoms with E-state index in [1.54, 1.807) is 24.3 Å². The van der Waals surface area contributed by atoms with Crippen LogP contribution in [0.15, 0.2) is 48.5 Å². The number of Topliss-reactive ketones (excluding diaryl/α,β-unsaturated/α-hetero) is 1. The van der Waals surface area contributed by atoms with Crippen molar-refractivity contribution >= 4 is 17.4 Å². The Kier molecular flexibility index (Phi) is 3.71. The van der Waals surface area contributed by atoms with Crippen LogP contribution >= 0.6 is 0 Å². The molecule has 1 atom stereocenters. The van der Waals surface area contributed by atoms with Crippen LogP contribution in [0.25, 0.3) is 0 Å². The molecule has 22 heavy (non-hydrogen) atoms. The zero-order valence-electron chi connectivity index (χ0n) is 11.9. The molecule has 1 unspecified atom stereocenters. The number of fused-ring (bicyclic) bond motifs is 1. The highest BCUT2D eigenvalue weighted by molar-refractivity contribution is 6.03. The molecule has 2 aromatic rings. The highest BCUT2D eigenvalue weighted by atomic mass is 16.2. The fraction of sp³-hybridized carbons (Fsp3) is 0.167. The van der Waals surface area contributed by atoms with E-state index in [4.69, 9.17) is 5.26 Å². The molecule has 0 saturated carbocycles. The van der Waals surface area contributed by atoms with Crippen molar-refractivity contribution in [1.82, 2.24) is 0 Å². The molecular formula is C18H14N2O2. The number of benzene rings is 2. The van der Waals surface area contributed by atoms with E-state index in [0.717, 1.165) is 11.1 Å². The number of nitrogens with one attached hydrogen (secondary N) is 1. The summed E-state index contributed by atoms with van der Waals surface area (Å²) in [6, 6.07) is 16.1. The first-order valence-electron chi connectivity index (χ1n) is 7.09. The van der Waals surface area contributed by atoms with Crippen LogP contribution in [0.1, 0.15) is 27.9 Å². The topological polar surface area (TPSA) is 70.0 Å². The van der Waals surface area contributed by atoms with Gasteiger partial charge in [0.05, 0.1) is 11.6 Å². The number of anilines is 1. The van der Waals surface area contributed by atoms with Crippen molar-refractivity contribution in [1.29, 1.82) is 5.26 Å². The Hall–Kier alpha value is -2.93. The Bertz CT molecular complexity index is 772. The fourth-order valence-electron chi connectivity index (χ4n) is 2.70. The van der Waals surface area contributed by atoms with Gasteiger partial charge >= 0.3 is 0 Å². The van der Waals surface area contributed by atoms with Gasteiger partial charge in [-0.15, -0.1) is 0 Å². The molecule has 0 aromatic heterocycles. The van der Waals surface area contributed by atoms with Crippen LogP contribution in [0.4, 0.5) is 5.69 Å². The molecule has 0 aliphatic heterocycles. The van der Waals surface area contributed by atoms with E-state index in [-0.39, 0.29) is 24.0 Å². The van der Waals surface area contributed by atoms with Gasteiger partial charge in [0.15, 0.2) is 5.78 Å². The summed E-state index contributed by atoms with van der Waals surface area (Å²) in [7, 11) is 0. The summed E-state index contributed by atoms with van der Waals surface area (Å²) in [4.78, 5) is 24.5. The Balaban J connectivity index is 1.73. The number of ketones is 1. The van der Waals surface area contributed by atoms with Gasteiger partial charge in [0.2, 0.25) is 5.91 Å². The molecule has 1 amide bonds. The maximum Gasteiger partial charge on any atom is 0.228 e.